The largest absolute Gasteiger partial charge is 0.396 e. The molecule has 0 atom stereocenters. The second-order valence-electron chi connectivity index (χ2n) is 3.71. The van der Waals surface area contributed by atoms with Gasteiger partial charge in [-0.05, 0) is 24.1 Å². The Morgan fingerprint density at radius 2 is 2.11 bits per heavy atom. The van der Waals surface area contributed by atoms with Crippen molar-refractivity contribution < 1.29 is 5.11 Å². The number of nitrogens with one attached hydrogen (secondary N) is 1. The summed E-state index contributed by atoms with van der Waals surface area (Å²) in [6.45, 7) is 0.0994. The molecule has 0 aliphatic heterocycles. The second kappa shape index (κ2) is 5.28. The van der Waals surface area contributed by atoms with Crippen LogP contribution in [-0.4, -0.2) is 21.9 Å². The van der Waals surface area contributed by atoms with Crippen LogP contribution < -0.4 is 11.5 Å². The lowest BCUT2D eigenvalue weighted by Gasteiger charge is -1.98. The highest BCUT2D eigenvalue weighted by Crippen LogP contribution is 2.28. The number of anilines is 2. The highest BCUT2D eigenvalue weighted by molar-refractivity contribution is 5.70. The van der Waals surface area contributed by atoms with Gasteiger partial charge in [0.2, 0.25) is 0 Å². The molecule has 0 radical (unpaired) electrons. The minimum Gasteiger partial charge on any atom is -0.396 e. The third-order valence-corrected chi connectivity index (χ3v) is 2.37. The number of benzene rings is 1. The van der Waals surface area contributed by atoms with E-state index >= 15 is 0 Å². The lowest BCUT2D eigenvalue weighted by Crippen LogP contribution is -1.89. The molecule has 18 heavy (non-hydrogen) atoms. The standard InChI is InChI=1S/C11H14N6O/c12-10-9(11(13)17-16-10)15-14-8-3-1-2-7(6-8)4-5-18/h1-3,6,18H,4-5H2,(H5,12,13,16,17). The smallest absolute Gasteiger partial charge is 0.175 e. The molecular weight excluding hydrogens is 232 g/mol. The molecule has 0 bridgehead atoms. The average molecular weight is 246 g/mol. The number of H-pyrrole nitrogens is 1. The van der Waals surface area contributed by atoms with Gasteiger partial charge in [0.05, 0.1) is 5.69 Å². The summed E-state index contributed by atoms with van der Waals surface area (Å²) in [5, 5.41) is 23.1. The fourth-order valence-electron chi connectivity index (χ4n) is 1.48. The zero-order chi connectivity index (χ0) is 13.0. The first kappa shape index (κ1) is 12.1. The Morgan fingerprint density at radius 3 is 2.78 bits per heavy atom. The van der Waals surface area contributed by atoms with Crippen LogP contribution >= 0.6 is 0 Å². The number of aromatic nitrogens is 2. The highest BCUT2D eigenvalue weighted by atomic mass is 16.2. The number of nitrogens with zero attached hydrogens (tertiary/aromatic N) is 3. The van der Waals surface area contributed by atoms with Gasteiger partial charge in [0.1, 0.15) is 5.82 Å². The molecular formula is C11H14N6O. The first-order chi connectivity index (χ1) is 8.70. The predicted molar refractivity (Wildman–Crippen MR) is 68.8 cm³/mol. The van der Waals surface area contributed by atoms with Gasteiger partial charge < -0.3 is 16.6 Å². The summed E-state index contributed by atoms with van der Waals surface area (Å²) < 4.78 is 0. The van der Waals surface area contributed by atoms with Crippen LogP contribution in [0.2, 0.25) is 0 Å². The van der Waals surface area contributed by atoms with E-state index in [0.29, 0.717) is 17.8 Å². The summed E-state index contributed by atoms with van der Waals surface area (Å²) in [5.41, 5.74) is 13.2. The molecule has 1 aromatic carbocycles. The van der Waals surface area contributed by atoms with Crippen molar-refractivity contribution in [3.8, 4) is 0 Å². The van der Waals surface area contributed by atoms with Crippen LogP contribution in [0.5, 0.6) is 0 Å². The molecule has 0 saturated carbocycles. The zero-order valence-electron chi connectivity index (χ0n) is 9.67. The maximum atomic E-state index is 8.86. The van der Waals surface area contributed by atoms with Crippen molar-refractivity contribution in [3.63, 3.8) is 0 Å². The molecule has 0 spiro atoms. The number of hydrogen-bond donors (Lipinski definition) is 4. The van der Waals surface area contributed by atoms with E-state index in [0.717, 1.165) is 5.56 Å². The predicted octanol–water partition coefficient (Wildman–Crippen LogP) is 1.52. The van der Waals surface area contributed by atoms with E-state index in [1.165, 1.54) is 0 Å². The van der Waals surface area contributed by atoms with Gasteiger partial charge in [0, 0.05) is 6.61 Å². The molecule has 0 saturated heterocycles. The van der Waals surface area contributed by atoms with Gasteiger partial charge in [0.15, 0.2) is 11.5 Å². The lowest BCUT2D eigenvalue weighted by molar-refractivity contribution is 0.299. The first-order valence-corrected chi connectivity index (χ1v) is 5.41. The Bertz CT molecular complexity index is 543. The van der Waals surface area contributed by atoms with Crippen LogP contribution in [0.15, 0.2) is 34.5 Å². The van der Waals surface area contributed by atoms with E-state index in [1.54, 1.807) is 6.07 Å². The van der Waals surface area contributed by atoms with Crippen molar-refractivity contribution in [1.82, 2.24) is 10.2 Å². The Morgan fingerprint density at radius 1 is 1.28 bits per heavy atom. The Kier molecular flexibility index (Phi) is 3.54. The molecule has 1 heterocycles. The van der Waals surface area contributed by atoms with Gasteiger partial charge in [-0.15, -0.1) is 5.11 Å². The number of nitrogens with two attached hydrogens (primary N) is 2. The Hall–Kier alpha value is -2.41. The first-order valence-electron chi connectivity index (χ1n) is 5.41. The molecule has 0 fully saturated rings. The fraction of sp³-hybridized carbons (Fsp3) is 0.182. The van der Waals surface area contributed by atoms with Gasteiger partial charge in [-0.3, -0.25) is 5.10 Å². The van der Waals surface area contributed by atoms with Crippen molar-refractivity contribution in [2.24, 2.45) is 10.2 Å². The van der Waals surface area contributed by atoms with Crippen molar-refractivity contribution in [2.45, 2.75) is 6.42 Å². The number of aliphatic hydroxyl groups is 1. The molecule has 94 valence electrons. The van der Waals surface area contributed by atoms with E-state index in [4.69, 9.17) is 16.6 Å². The summed E-state index contributed by atoms with van der Waals surface area (Å²) in [5.74, 6) is 0.491. The number of aromatic amines is 1. The maximum Gasteiger partial charge on any atom is 0.175 e. The Balaban J connectivity index is 2.21. The summed E-state index contributed by atoms with van der Waals surface area (Å²) in [6, 6.07) is 7.40. The lowest BCUT2D eigenvalue weighted by atomic mass is 10.1. The molecule has 2 aromatic rings. The summed E-state index contributed by atoms with van der Waals surface area (Å²) in [6.07, 6.45) is 0.583. The van der Waals surface area contributed by atoms with E-state index in [-0.39, 0.29) is 18.2 Å². The minimum atomic E-state index is 0.0994. The quantitative estimate of drug-likeness (QED) is 0.610. The summed E-state index contributed by atoms with van der Waals surface area (Å²) in [4.78, 5) is 0. The van der Waals surface area contributed by atoms with Gasteiger partial charge in [-0.1, -0.05) is 12.1 Å². The second-order valence-corrected chi connectivity index (χ2v) is 3.71. The van der Waals surface area contributed by atoms with E-state index < -0.39 is 0 Å². The number of hydrogen-bond acceptors (Lipinski definition) is 6. The van der Waals surface area contributed by atoms with Gasteiger partial charge in [0.25, 0.3) is 0 Å². The van der Waals surface area contributed by atoms with Crippen LogP contribution in [0, 0.1) is 0 Å². The van der Waals surface area contributed by atoms with Gasteiger partial charge in [-0.2, -0.15) is 10.2 Å². The monoisotopic (exact) mass is 246 g/mol. The summed E-state index contributed by atoms with van der Waals surface area (Å²) >= 11 is 0. The van der Waals surface area contributed by atoms with Crippen LogP contribution in [0.1, 0.15) is 5.56 Å². The molecule has 0 aliphatic carbocycles. The number of azo groups is 1. The zero-order valence-corrected chi connectivity index (χ0v) is 9.67. The molecule has 2 rings (SSSR count). The van der Waals surface area contributed by atoms with Crippen LogP contribution in [0.4, 0.5) is 23.0 Å². The fourth-order valence-corrected chi connectivity index (χ4v) is 1.48. The minimum absolute atomic E-state index is 0.0994. The molecule has 0 aliphatic rings. The van der Waals surface area contributed by atoms with E-state index in [2.05, 4.69) is 20.4 Å². The van der Waals surface area contributed by atoms with Crippen molar-refractivity contribution >= 4 is 23.0 Å². The van der Waals surface area contributed by atoms with Gasteiger partial charge >= 0.3 is 0 Å². The third-order valence-electron chi connectivity index (χ3n) is 2.37. The molecule has 7 heteroatoms. The molecule has 7 nitrogen and oxygen atoms in total. The molecule has 0 unspecified atom stereocenters. The number of nitrogen functional groups attached to an aromatic ring is 2. The maximum absolute atomic E-state index is 8.86. The molecule has 0 amide bonds. The topological polar surface area (TPSA) is 126 Å². The molecule has 6 N–H and O–H groups in total. The summed E-state index contributed by atoms with van der Waals surface area (Å²) in [7, 11) is 0. The molecule has 1 aromatic heterocycles. The highest BCUT2D eigenvalue weighted by Gasteiger charge is 2.06. The third kappa shape index (κ3) is 2.64. The van der Waals surface area contributed by atoms with Crippen LogP contribution in [-0.2, 0) is 6.42 Å². The van der Waals surface area contributed by atoms with Crippen molar-refractivity contribution in [2.75, 3.05) is 18.1 Å². The van der Waals surface area contributed by atoms with Crippen LogP contribution in [0.3, 0.4) is 0 Å². The van der Waals surface area contributed by atoms with E-state index in [1.807, 2.05) is 18.2 Å². The van der Waals surface area contributed by atoms with E-state index in [9.17, 15) is 0 Å². The van der Waals surface area contributed by atoms with Crippen molar-refractivity contribution in [3.05, 3.63) is 29.8 Å². The van der Waals surface area contributed by atoms with Gasteiger partial charge in [-0.25, -0.2) is 0 Å². The van der Waals surface area contributed by atoms with Crippen molar-refractivity contribution in [1.29, 1.82) is 0 Å². The SMILES string of the molecule is Nc1n[nH]c(N)c1N=Nc1cccc(CCO)c1. The number of aliphatic hydroxyl groups excluding tert-OH is 1. The Labute approximate surface area is 104 Å². The number of rotatable bonds is 4. The van der Waals surface area contributed by atoms with Crippen LogP contribution in [0.25, 0.3) is 0 Å². The normalized spacial score (nSPS) is 11.2. The average Bonchev–Trinajstić information content (AvgIpc) is 2.68.